The second kappa shape index (κ2) is 9.77. The highest BCUT2D eigenvalue weighted by atomic mass is 79.9. The molecule has 0 amide bonds. The number of rotatable bonds is 8. The van der Waals surface area contributed by atoms with E-state index in [0.29, 0.717) is 38.0 Å². The number of nitrogens with one attached hydrogen (secondary N) is 1. The maximum atomic E-state index is 12.2. The molecule has 0 unspecified atom stereocenters. The number of ether oxygens (including phenoxy) is 1. The van der Waals surface area contributed by atoms with E-state index < -0.39 is 12.7 Å². The van der Waals surface area contributed by atoms with E-state index in [0.717, 1.165) is 0 Å². The van der Waals surface area contributed by atoms with E-state index in [-0.39, 0.29) is 32.1 Å². The predicted molar refractivity (Wildman–Crippen MR) is 102 cm³/mol. The van der Waals surface area contributed by atoms with Gasteiger partial charge in [-0.25, -0.2) is 4.79 Å². The Kier molecular flexibility index (Phi) is 7.69. The number of aromatic amines is 1. The molecule has 5 N–H and O–H groups in total. The predicted octanol–water partition coefficient (Wildman–Crippen LogP) is 1.47. The van der Waals surface area contributed by atoms with Gasteiger partial charge in [0.2, 0.25) is 0 Å². The average molecular weight is 441 g/mol. The van der Waals surface area contributed by atoms with Crippen molar-refractivity contribution in [2.45, 2.75) is 26.7 Å². The zero-order valence-corrected chi connectivity index (χ0v) is 16.3. The molecule has 0 atom stereocenters. The summed E-state index contributed by atoms with van der Waals surface area (Å²) in [6.45, 7) is 0.401. The van der Waals surface area contributed by atoms with Crippen LogP contribution in [0.2, 0.25) is 0 Å². The molecule has 0 aliphatic carbocycles. The molecular formula is C18H21BrN2O6. The molecule has 0 fully saturated rings. The van der Waals surface area contributed by atoms with Gasteiger partial charge in [-0.2, -0.15) is 0 Å². The van der Waals surface area contributed by atoms with Crippen LogP contribution in [0.5, 0.6) is 0 Å². The third-order valence-corrected chi connectivity index (χ3v) is 4.83. The normalized spacial score (nSPS) is 11.3. The lowest BCUT2D eigenvalue weighted by atomic mass is 9.92. The number of esters is 1. The molecule has 0 aliphatic rings. The lowest BCUT2D eigenvalue weighted by Crippen LogP contribution is -2.06. The number of aliphatic hydroxyl groups is 4. The van der Waals surface area contributed by atoms with Crippen LogP contribution in [0.25, 0.3) is 11.1 Å². The van der Waals surface area contributed by atoms with Gasteiger partial charge in [-0.05, 0) is 45.1 Å². The van der Waals surface area contributed by atoms with Gasteiger partial charge in [-0.15, -0.1) is 0 Å². The van der Waals surface area contributed by atoms with E-state index in [1.165, 1.54) is 6.21 Å². The monoisotopic (exact) mass is 440 g/mol. The van der Waals surface area contributed by atoms with Crippen molar-refractivity contribution in [3.63, 3.8) is 0 Å². The van der Waals surface area contributed by atoms with Crippen molar-refractivity contribution in [1.82, 2.24) is 4.98 Å². The number of nitrogens with zero attached hydrogens (tertiary/aromatic N) is 1. The number of aromatic nitrogens is 1. The van der Waals surface area contributed by atoms with Gasteiger partial charge in [0.25, 0.3) is 0 Å². The first-order valence-corrected chi connectivity index (χ1v) is 8.99. The summed E-state index contributed by atoms with van der Waals surface area (Å²) in [4.78, 5) is 18.9. The highest BCUT2D eigenvalue weighted by Gasteiger charge is 2.24. The molecule has 0 spiro atoms. The number of H-pyrrole nitrogens is 1. The van der Waals surface area contributed by atoms with Gasteiger partial charge in [0.1, 0.15) is 12.4 Å². The number of aliphatic imine (C=N–C) groups is 1. The van der Waals surface area contributed by atoms with Crippen LogP contribution in [0.3, 0.4) is 0 Å². The Morgan fingerprint density at radius 3 is 2.44 bits per heavy atom. The smallest absolute Gasteiger partial charge is 0.355 e. The molecule has 146 valence electrons. The zero-order valence-electron chi connectivity index (χ0n) is 14.7. The number of carbonyl (C=O) groups excluding carboxylic acids is 1. The highest BCUT2D eigenvalue weighted by Crippen LogP contribution is 2.38. The largest absolute Gasteiger partial charge is 0.461 e. The second-order valence-corrected chi connectivity index (χ2v) is 6.27. The van der Waals surface area contributed by atoms with Gasteiger partial charge in [0.05, 0.1) is 36.6 Å². The Labute approximate surface area is 164 Å². The summed E-state index contributed by atoms with van der Waals surface area (Å²) in [7, 11) is 0. The minimum atomic E-state index is -0.575. The van der Waals surface area contributed by atoms with Crippen LogP contribution in [-0.4, -0.2) is 50.9 Å². The topological polar surface area (TPSA) is 135 Å². The van der Waals surface area contributed by atoms with Gasteiger partial charge in [0.15, 0.2) is 0 Å². The van der Waals surface area contributed by atoms with Crippen LogP contribution in [0.1, 0.15) is 39.8 Å². The Morgan fingerprint density at radius 1 is 1.19 bits per heavy atom. The molecule has 0 aliphatic heterocycles. The summed E-state index contributed by atoms with van der Waals surface area (Å²) in [5.74, 6) is -0.575. The maximum Gasteiger partial charge on any atom is 0.355 e. The van der Waals surface area contributed by atoms with Crippen LogP contribution in [0.4, 0.5) is 0 Å². The van der Waals surface area contributed by atoms with Crippen molar-refractivity contribution < 1.29 is 30.0 Å². The molecule has 0 radical (unpaired) electrons. The molecule has 1 heterocycles. The Hall–Kier alpha value is -2.04. The molecule has 0 saturated carbocycles. The van der Waals surface area contributed by atoms with Crippen LogP contribution in [-0.2, 0) is 24.6 Å². The lowest BCUT2D eigenvalue weighted by Gasteiger charge is -2.16. The second-order valence-electron chi connectivity index (χ2n) is 5.48. The Balaban J connectivity index is 2.77. The maximum absolute atomic E-state index is 12.2. The molecule has 2 rings (SSSR count). The first kappa shape index (κ1) is 21.3. The fourth-order valence-electron chi connectivity index (χ4n) is 2.83. The Morgan fingerprint density at radius 2 is 1.89 bits per heavy atom. The molecule has 0 bridgehead atoms. The van der Waals surface area contributed by atoms with Gasteiger partial charge in [0, 0.05) is 11.8 Å². The van der Waals surface area contributed by atoms with Crippen molar-refractivity contribution in [3.8, 4) is 11.1 Å². The minimum absolute atomic E-state index is 0.159. The number of benzene rings is 1. The lowest BCUT2D eigenvalue weighted by molar-refractivity contribution is 0.0519. The molecule has 1 aromatic heterocycles. The third-order valence-electron chi connectivity index (χ3n) is 4.03. The third kappa shape index (κ3) is 4.28. The molecule has 1 aromatic carbocycles. The molecule has 9 heteroatoms. The van der Waals surface area contributed by atoms with Crippen LogP contribution in [0.15, 0.2) is 21.6 Å². The van der Waals surface area contributed by atoms with Crippen LogP contribution in [0, 0.1) is 0 Å². The molecule has 8 nitrogen and oxygen atoms in total. The standard InChI is InChI=1S/C18H21BrN2O6/c1-2-27-18(26)17-16(19)15(14(21-17)5-20-9-25)11-4-3-10(6-22)12(7-23)13(11)8-24/h3-5,21-25H,2,6-9H2,1H3. The quantitative estimate of drug-likeness (QED) is 0.311. The van der Waals surface area contributed by atoms with Crippen molar-refractivity contribution in [3.05, 3.63) is 44.7 Å². The first-order valence-electron chi connectivity index (χ1n) is 8.19. The van der Waals surface area contributed by atoms with E-state index in [9.17, 15) is 20.1 Å². The van der Waals surface area contributed by atoms with E-state index in [4.69, 9.17) is 9.84 Å². The summed E-state index contributed by atoms with van der Waals surface area (Å²) in [6.07, 6.45) is 1.36. The van der Waals surface area contributed by atoms with Gasteiger partial charge < -0.3 is 30.1 Å². The van der Waals surface area contributed by atoms with E-state index in [1.807, 2.05) is 0 Å². The van der Waals surface area contributed by atoms with E-state index in [1.54, 1.807) is 19.1 Å². The molecule has 0 saturated heterocycles. The van der Waals surface area contributed by atoms with Gasteiger partial charge in [-0.3, -0.25) is 4.99 Å². The first-order chi connectivity index (χ1) is 13.0. The van der Waals surface area contributed by atoms with E-state index >= 15 is 0 Å². The fourth-order valence-corrected chi connectivity index (χ4v) is 3.52. The van der Waals surface area contributed by atoms with Crippen molar-refractivity contribution in [2.75, 3.05) is 13.3 Å². The van der Waals surface area contributed by atoms with Crippen molar-refractivity contribution in [1.29, 1.82) is 0 Å². The van der Waals surface area contributed by atoms with E-state index in [2.05, 4.69) is 25.9 Å². The summed E-state index contributed by atoms with van der Waals surface area (Å²) in [5.41, 5.74) is 2.94. The highest BCUT2D eigenvalue weighted by molar-refractivity contribution is 9.10. The van der Waals surface area contributed by atoms with Crippen LogP contribution < -0.4 is 0 Å². The number of hydrogen-bond acceptors (Lipinski definition) is 7. The number of halogens is 1. The summed E-state index contributed by atoms with van der Waals surface area (Å²) < 4.78 is 5.44. The van der Waals surface area contributed by atoms with Gasteiger partial charge >= 0.3 is 5.97 Å². The molecular weight excluding hydrogens is 420 g/mol. The van der Waals surface area contributed by atoms with Crippen LogP contribution >= 0.6 is 15.9 Å². The zero-order chi connectivity index (χ0) is 20.0. The number of hydrogen-bond donors (Lipinski definition) is 5. The summed E-state index contributed by atoms with van der Waals surface area (Å²) in [5, 5.41) is 38.1. The molecule has 2 aromatic rings. The SMILES string of the molecule is CCOC(=O)c1[nH]c(C=NCO)c(-c2ccc(CO)c(CO)c2CO)c1Br. The summed E-state index contributed by atoms with van der Waals surface area (Å²) in [6, 6.07) is 3.31. The van der Waals surface area contributed by atoms with Crippen molar-refractivity contribution >= 4 is 28.1 Å². The Bertz CT molecular complexity index is 847. The number of carbonyl (C=O) groups is 1. The van der Waals surface area contributed by atoms with Crippen molar-refractivity contribution in [2.24, 2.45) is 4.99 Å². The average Bonchev–Trinajstić information content (AvgIpc) is 3.01. The number of aliphatic hydroxyl groups excluding tert-OH is 4. The fraction of sp³-hybridized carbons (Fsp3) is 0.333. The summed E-state index contributed by atoms with van der Waals surface area (Å²) >= 11 is 3.40. The minimum Gasteiger partial charge on any atom is -0.461 e. The molecule has 27 heavy (non-hydrogen) atoms. The van der Waals surface area contributed by atoms with Gasteiger partial charge in [-0.1, -0.05) is 12.1 Å².